The van der Waals surface area contributed by atoms with Gasteiger partial charge in [-0.2, -0.15) is 0 Å². The first kappa shape index (κ1) is 29.6. The van der Waals surface area contributed by atoms with Gasteiger partial charge in [0.15, 0.2) is 0 Å². The van der Waals surface area contributed by atoms with Gasteiger partial charge in [0.2, 0.25) is 5.91 Å². The molecule has 1 amide bonds. The molecule has 37 heavy (non-hydrogen) atoms. The Balaban J connectivity index is 1.51. The van der Waals surface area contributed by atoms with Gasteiger partial charge in [-0.15, -0.1) is 0 Å². The van der Waals surface area contributed by atoms with Crippen LogP contribution in [0.3, 0.4) is 0 Å². The first-order valence-electron chi connectivity index (χ1n) is 13.4. The van der Waals surface area contributed by atoms with E-state index in [2.05, 4.69) is 44.3 Å². The number of methoxy groups -OCH3 is 2. The van der Waals surface area contributed by atoms with E-state index in [0.29, 0.717) is 12.5 Å². The van der Waals surface area contributed by atoms with E-state index in [1.807, 2.05) is 13.8 Å². The highest BCUT2D eigenvalue weighted by molar-refractivity contribution is 5.87. The molecular formula is C29H45NO7. The maximum Gasteiger partial charge on any atom is 0.308 e. The topological polar surface area (TPSA) is 95.6 Å². The molecule has 0 aromatic rings. The Morgan fingerprint density at radius 3 is 2.54 bits per heavy atom. The SMILES string of the molecule is COC(=O)C[C@@H]1C[C@@]2(CO2)[C@H](C)[C@@H](/C=C/C(C)=C/C[C@@H]2O[C@H](C)[C@H](NC(=O)/C=C\[C@H](C)OC)C[C@@H]2C)O1. The van der Waals surface area contributed by atoms with E-state index in [-0.39, 0.29) is 66.4 Å². The molecule has 3 aliphatic heterocycles. The summed E-state index contributed by atoms with van der Waals surface area (Å²) >= 11 is 0. The van der Waals surface area contributed by atoms with Crippen molar-refractivity contribution in [2.45, 2.75) is 102 Å². The number of hydrogen-bond acceptors (Lipinski definition) is 7. The summed E-state index contributed by atoms with van der Waals surface area (Å²) in [6.45, 7) is 11.0. The molecule has 1 spiro atoms. The lowest BCUT2D eigenvalue weighted by molar-refractivity contribution is -0.149. The first-order chi connectivity index (χ1) is 17.6. The van der Waals surface area contributed by atoms with Gasteiger partial charge in [-0.1, -0.05) is 43.7 Å². The van der Waals surface area contributed by atoms with Crippen LogP contribution in [-0.4, -0.2) is 74.9 Å². The van der Waals surface area contributed by atoms with Crippen molar-refractivity contribution in [2.24, 2.45) is 11.8 Å². The molecule has 0 unspecified atom stereocenters. The van der Waals surface area contributed by atoms with E-state index in [1.54, 1.807) is 13.2 Å². The van der Waals surface area contributed by atoms with Crippen molar-refractivity contribution in [3.05, 3.63) is 36.0 Å². The maximum atomic E-state index is 12.3. The quantitative estimate of drug-likeness (QED) is 0.202. The maximum absolute atomic E-state index is 12.3. The second-order valence-corrected chi connectivity index (χ2v) is 10.9. The third kappa shape index (κ3) is 8.24. The largest absolute Gasteiger partial charge is 0.469 e. The molecule has 0 radical (unpaired) electrons. The number of rotatable bonds is 10. The van der Waals surface area contributed by atoms with E-state index in [4.69, 9.17) is 23.7 Å². The summed E-state index contributed by atoms with van der Waals surface area (Å²) < 4.78 is 28.3. The summed E-state index contributed by atoms with van der Waals surface area (Å²) in [7, 11) is 3.02. The lowest BCUT2D eigenvalue weighted by atomic mass is 9.81. The van der Waals surface area contributed by atoms with Crippen molar-refractivity contribution in [1.82, 2.24) is 5.32 Å². The van der Waals surface area contributed by atoms with Gasteiger partial charge >= 0.3 is 5.97 Å². The number of ether oxygens (including phenoxy) is 5. The summed E-state index contributed by atoms with van der Waals surface area (Å²) in [5.74, 6) is 0.142. The van der Waals surface area contributed by atoms with Crippen LogP contribution in [0, 0.1) is 11.8 Å². The number of carbonyl (C=O) groups is 2. The van der Waals surface area contributed by atoms with Crippen LogP contribution < -0.4 is 5.32 Å². The van der Waals surface area contributed by atoms with Crippen molar-refractivity contribution in [3.8, 4) is 0 Å². The summed E-state index contributed by atoms with van der Waals surface area (Å²) in [5, 5.41) is 3.07. The smallest absolute Gasteiger partial charge is 0.308 e. The normalized spacial score (nSPS) is 37.2. The number of allylic oxidation sites excluding steroid dienone is 2. The van der Waals surface area contributed by atoms with Crippen LogP contribution in [0.4, 0.5) is 0 Å². The number of hydrogen-bond donors (Lipinski definition) is 1. The van der Waals surface area contributed by atoms with Crippen LogP contribution >= 0.6 is 0 Å². The molecule has 0 bridgehead atoms. The molecule has 0 aromatic carbocycles. The van der Waals surface area contributed by atoms with Crippen LogP contribution in [0.5, 0.6) is 0 Å². The zero-order chi connectivity index (χ0) is 27.2. The van der Waals surface area contributed by atoms with Crippen LogP contribution in [0.15, 0.2) is 36.0 Å². The molecular weight excluding hydrogens is 474 g/mol. The Labute approximate surface area is 221 Å². The molecule has 3 heterocycles. The molecule has 8 heteroatoms. The van der Waals surface area contributed by atoms with E-state index >= 15 is 0 Å². The monoisotopic (exact) mass is 519 g/mol. The van der Waals surface area contributed by atoms with Gasteiger partial charge < -0.3 is 29.0 Å². The van der Waals surface area contributed by atoms with Crippen LogP contribution in [-0.2, 0) is 33.3 Å². The zero-order valence-corrected chi connectivity index (χ0v) is 23.4. The number of esters is 1. The van der Waals surface area contributed by atoms with Gasteiger partial charge in [-0.25, -0.2) is 0 Å². The van der Waals surface area contributed by atoms with Gasteiger partial charge in [0.1, 0.15) is 0 Å². The van der Waals surface area contributed by atoms with E-state index in [9.17, 15) is 9.59 Å². The van der Waals surface area contributed by atoms with Crippen molar-refractivity contribution >= 4 is 11.9 Å². The van der Waals surface area contributed by atoms with Crippen molar-refractivity contribution in [2.75, 3.05) is 20.8 Å². The van der Waals surface area contributed by atoms with Crippen LogP contribution in [0.2, 0.25) is 0 Å². The Morgan fingerprint density at radius 2 is 1.89 bits per heavy atom. The zero-order valence-electron chi connectivity index (χ0n) is 23.4. The Hall–Kier alpha value is -2.00. The summed E-state index contributed by atoms with van der Waals surface area (Å²) in [6.07, 6.45) is 11.9. The number of carbonyl (C=O) groups excluding carboxylic acids is 2. The number of amides is 1. The standard InChI is InChI=1S/C29H45NO7/c1-18(9-12-26-21(4)29(17-35-29)16-23(37-26)15-28(32)34-7)8-11-25-19(2)14-24(22(5)36-25)30-27(31)13-10-20(3)33-6/h8-10,12-13,19-26H,11,14-17H2,1-7H3,(H,30,31)/b12-9+,13-10-,18-8+/t19-,20-,21+,22+,23+,24+,25-,26+,29+/m0/s1. The molecule has 0 saturated carbocycles. The van der Waals surface area contributed by atoms with Gasteiger partial charge in [-0.05, 0) is 39.5 Å². The molecule has 0 aromatic heterocycles. The molecule has 1 N–H and O–H groups in total. The minimum absolute atomic E-state index is 0.0222. The molecule has 3 saturated heterocycles. The Bertz CT molecular complexity index is 877. The highest BCUT2D eigenvalue weighted by Crippen LogP contribution is 2.47. The van der Waals surface area contributed by atoms with Gasteiger partial charge in [0, 0.05) is 25.5 Å². The molecule has 0 aliphatic carbocycles. The summed E-state index contributed by atoms with van der Waals surface area (Å²) in [4.78, 5) is 24.0. The third-order valence-electron chi connectivity index (χ3n) is 8.04. The van der Waals surface area contributed by atoms with Gasteiger partial charge in [0.05, 0.1) is 62.3 Å². The molecule has 3 fully saturated rings. The fraction of sp³-hybridized carbons (Fsp3) is 0.724. The molecule has 3 rings (SSSR count). The molecule has 3 aliphatic rings. The molecule has 208 valence electrons. The van der Waals surface area contributed by atoms with Crippen molar-refractivity contribution in [1.29, 1.82) is 0 Å². The third-order valence-corrected chi connectivity index (χ3v) is 8.04. The van der Waals surface area contributed by atoms with Crippen LogP contribution in [0.25, 0.3) is 0 Å². The first-order valence-corrected chi connectivity index (χ1v) is 13.4. The second kappa shape index (κ2) is 13.2. The van der Waals surface area contributed by atoms with Gasteiger partial charge in [0.25, 0.3) is 0 Å². The summed E-state index contributed by atoms with van der Waals surface area (Å²) in [5.41, 5.74) is 0.947. The average molecular weight is 520 g/mol. The average Bonchev–Trinajstić information content (AvgIpc) is 3.64. The molecule has 9 atom stereocenters. The highest BCUT2D eigenvalue weighted by atomic mass is 16.6. The highest BCUT2D eigenvalue weighted by Gasteiger charge is 2.56. The lowest BCUT2D eigenvalue weighted by Crippen LogP contribution is -2.50. The van der Waals surface area contributed by atoms with E-state index < -0.39 is 0 Å². The predicted octanol–water partition coefficient (Wildman–Crippen LogP) is 3.89. The molecule has 8 nitrogen and oxygen atoms in total. The van der Waals surface area contributed by atoms with E-state index in [0.717, 1.165) is 24.8 Å². The fourth-order valence-corrected chi connectivity index (χ4v) is 5.20. The number of nitrogens with one attached hydrogen (secondary N) is 1. The lowest BCUT2D eigenvalue weighted by Gasteiger charge is -2.39. The minimum atomic E-state index is -0.260. The number of epoxide rings is 1. The second-order valence-electron chi connectivity index (χ2n) is 10.9. The summed E-state index contributed by atoms with van der Waals surface area (Å²) in [6, 6.07) is -0.0222. The van der Waals surface area contributed by atoms with Gasteiger partial charge in [-0.3, -0.25) is 9.59 Å². The minimum Gasteiger partial charge on any atom is -0.469 e. The van der Waals surface area contributed by atoms with Crippen LogP contribution in [0.1, 0.15) is 60.3 Å². The van der Waals surface area contributed by atoms with Crippen molar-refractivity contribution in [3.63, 3.8) is 0 Å². The van der Waals surface area contributed by atoms with Crippen molar-refractivity contribution < 1.29 is 33.3 Å². The fourth-order valence-electron chi connectivity index (χ4n) is 5.20. The Kier molecular flexibility index (Phi) is 10.5. The van der Waals surface area contributed by atoms with E-state index in [1.165, 1.54) is 13.2 Å². The predicted molar refractivity (Wildman–Crippen MR) is 141 cm³/mol. The Morgan fingerprint density at radius 1 is 1.16 bits per heavy atom.